The quantitative estimate of drug-likeness (QED) is 0.0103. The molecule has 572 valence electrons. The van der Waals surface area contributed by atoms with E-state index in [1.165, 1.54) is 91.2 Å². The predicted molar refractivity (Wildman–Crippen MR) is 376 cm³/mol. The molecular weight excluding hydrogens is 1340 g/mol. The van der Waals surface area contributed by atoms with Gasteiger partial charge in [0, 0.05) is 44.4 Å². The fourth-order valence-corrected chi connectivity index (χ4v) is 15.2. The first-order valence-electron chi connectivity index (χ1n) is 36.6. The molecule has 4 aliphatic rings. The smallest absolute Gasteiger partial charge is 0.462 e. The summed E-state index contributed by atoms with van der Waals surface area (Å²) < 4.78 is 71.4. The van der Waals surface area contributed by atoms with Crippen LogP contribution in [0, 0.1) is 16.7 Å². The molecule has 1 amide bonds. The molecule has 26 heteroatoms. The Balaban J connectivity index is 1.15. The van der Waals surface area contributed by atoms with Crippen LogP contribution in [0.5, 0.6) is 0 Å². The van der Waals surface area contributed by atoms with E-state index in [1.54, 1.807) is 69.3 Å². The Kier molecular flexibility index (Phi) is 31.8. The van der Waals surface area contributed by atoms with Crippen LogP contribution in [0.25, 0.3) is 0 Å². The largest absolute Gasteiger partial charge is 0.472 e. The van der Waals surface area contributed by atoms with Gasteiger partial charge in [-0.3, -0.25) is 33.0 Å². The van der Waals surface area contributed by atoms with Gasteiger partial charge in [-0.15, -0.1) is 0 Å². The highest BCUT2D eigenvalue weighted by Crippen LogP contribution is 2.64. The molecule has 0 radical (unpaired) electrons. The van der Waals surface area contributed by atoms with Crippen LogP contribution in [0.1, 0.15) is 232 Å². The minimum absolute atomic E-state index is 0.0309. The van der Waals surface area contributed by atoms with Crippen molar-refractivity contribution in [2.75, 3.05) is 54.1 Å². The number of phosphoric acid groups is 1. The Hall–Kier alpha value is -6.15. The number of ketones is 1. The Bertz CT molecular complexity index is 3190. The maximum Gasteiger partial charge on any atom is 0.472 e. The number of carbonyl (C=O) groups is 8. The van der Waals surface area contributed by atoms with Gasteiger partial charge in [-0.05, 0) is 82.7 Å². The minimum Gasteiger partial charge on any atom is -0.462 e. The van der Waals surface area contributed by atoms with Crippen LogP contribution in [0.3, 0.4) is 0 Å². The molecule has 25 nitrogen and oxygen atoms in total. The Labute approximate surface area is 602 Å². The number of nitrogens with zero attached hydrogens (tertiary/aromatic N) is 1. The summed E-state index contributed by atoms with van der Waals surface area (Å²) in [4.78, 5) is 123. The van der Waals surface area contributed by atoms with Gasteiger partial charge in [0.25, 0.3) is 0 Å². The lowest BCUT2D eigenvalue weighted by Crippen LogP contribution is -2.81. The van der Waals surface area contributed by atoms with E-state index in [0.29, 0.717) is 43.1 Å². The fraction of sp³-hybridized carbons (Fsp3) is 0.711. The number of phosphoric ester groups is 1. The van der Waals surface area contributed by atoms with E-state index < -0.39 is 157 Å². The third-order valence-electron chi connectivity index (χ3n) is 20.2. The molecule has 1 saturated heterocycles. The number of ether oxygens (including phenoxy) is 8. The monoisotopic (exact) mass is 1460 g/mol. The second kappa shape index (κ2) is 38.2. The van der Waals surface area contributed by atoms with E-state index in [-0.39, 0.29) is 67.6 Å². The zero-order valence-corrected chi connectivity index (χ0v) is 63.1. The third kappa shape index (κ3) is 23.4. The molecule has 13 atom stereocenters. The number of Topliss-reactive ketones (excluding diaryl/α,β-unsaturated/α-hetero) is 1. The Morgan fingerprint density at radius 2 is 1.25 bits per heavy atom. The van der Waals surface area contributed by atoms with Crippen LogP contribution < -0.4 is 5.32 Å². The Morgan fingerprint density at radius 3 is 1.77 bits per heavy atom. The summed E-state index contributed by atoms with van der Waals surface area (Å²) in [5.74, 6) is -7.69. The average molecular weight is 1460 g/mol. The van der Waals surface area contributed by atoms with E-state index in [2.05, 4.69) is 12.2 Å². The van der Waals surface area contributed by atoms with Crippen LogP contribution in [0.2, 0.25) is 0 Å². The van der Waals surface area contributed by atoms with Gasteiger partial charge < -0.3 is 67.9 Å². The highest BCUT2D eigenvalue weighted by atomic mass is 31.2. The average Bonchev–Trinajstić information content (AvgIpc) is 0.670. The van der Waals surface area contributed by atoms with Gasteiger partial charge in [-0.1, -0.05) is 166 Å². The molecule has 102 heavy (non-hydrogen) atoms. The highest BCUT2D eigenvalue weighted by Gasteiger charge is 2.78. The van der Waals surface area contributed by atoms with Gasteiger partial charge in [-0.25, -0.2) is 18.9 Å². The number of aliphatic hydroxyl groups excluding tert-OH is 2. The summed E-state index contributed by atoms with van der Waals surface area (Å²) in [5.41, 5.74) is -8.96. The third-order valence-corrected chi connectivity index (χ3v) is 21.2. The van der Waals surface area contributed by atoms with Crippen LogP contribution >= 0.6 is 7.82 Å². The standard InChI is InChI=1S/C76H115N2O23P/c1-13-14-15-16-17-18-19-20-21-22-23-25-34-41-59(81)92-48-55(49-95-102(90,91)94-45-44-78(10,11)12)96-60(82)42-35-26-24-27-36-43-61(83)98-65(63(53-37-30-28-31-38-53)77-71(88)101-72(4,5)6)70(87)97-56-47-76(89)68(99-69(86)54-39-32-29-33-40-54)66-74(9,67(85)64(84)62(51(56)2)73(76,7)8)57(80)46-58-75(66,50-93-58)100-52(3)79/h28-33,37-40,55-58,63-66,68,80,84,89H,13-27,34-36,41-50H2,1-12H3,(H-,77,88,90,91)/p+1. The van der Waals surface area contributed by atoms with E-state index in [4.69, 9.17) is 46.9 Å². The number of unbranched alkanes of at least 4 members (excludes halogenated alkanes) is 16. The first kappa shape index (κ1) is 84.8. The van der Waals surface area contributed by atoms with Crippen LogP contribution in [0.4, 0.5) is 4.79 Å². The molecule has 2 aromatic carbocycles. The van der Waals surface area contributed by atoms with Gasteiger partial charge in [0.2, 0.25) is 6.10 Å². The molecule has 1 heterocycles. The Morgan fingerprint density at radius 1 is 0.725 bits per heavy atom. The van der Waals surface area contributed by atoms with E-state index in [1.807, 2.05) is 21.1 Å². The van der Waals surface area contributed by atoms with Crippen molar-refractivity contribution in [2.45, 2.75) is 276 Å². The second-order valence-electron chi connectivity index (χ2n) is 30.7. The van der Waals surface area contributed by atoms with Crippen molar-refractivity contribution in [3.63, 3.8) is 0 Å². The maximum atomic E-state index is 15.4. The first-order valence-corrected chi connectivity index (χ1v) is 38.1. The van der Waals surface area contributed by atoms with E-state index >= 15 is 9.59 Å². The fourth-order valence-electron chi connectivity index (χ4n) is 14.5. The van der Waals surface area contributed by atoms with Crippen LogP contribution in [-0.4, -0.2) is 186 Å². The summed E-state index contributed by atoms with van der Waals surface area (Å²) in [7, 11) is 1.07. The second-order valence-corrected chi connectivity index (χ2v) is 32.2. The zero-order valence-electron chi connectivity index (χ0n) is 62.2. The summed E-state index contributed by atoms with van der Waals surface area (Å²) in [6.07, 6.45) is 3.33. The number of carbonyl (C=O) groups excluding carboxylic acids is 8. The molecule has 6 rings (SSSR count). The molecule has 13 unspecified atom stereocenters. The number of likely N-dealkylation sites (N-methyl/N-ethyl adjacent to an activating group) is 1. The SMILES string of the molecule is CCCCCCCCCCCCCCCC(=O)OCC(COP(=O)(O)OCC[N+](C)(C)C)OC(=O)CCCCCCCC(=O)OC(C(=O)OC1CC2(O)C(OC(=O)c3ccccc3)C3C4(OC(C)=O)COC4CC(O)C3(C)C(=O)C(O)C(=C1C)C2(C)C)C(NC(=O)OC(C)(C)C)c1ccccc1. The lowest BCUT2D eigenvalue weighted by Gasteiger charge is -2.67. The number of nitrogens with one attached hydrogen (secondary N) is 1. The summed E-state index contributed by atoms with van der Waals surface area (Å²) in [6.45, 7) is 13.1. The summed E-state index contributed by atoms with van der Waals surface area (Å²) >= 11 is 0. The number of rotatable bonds is 41. The molecular formula is C76H116N2O23P+. The predicted octanol–water partition coefficient (Wildman–Crippen LogP) is 11.3. The summed E-state index contributed by atoms with van der Waals surface area (Å²) in [6, 6.07) is 14.4. The van der Waals surface area contributed by atoms with Crippen molar-refractivity contribution >= 4 is 55.5 Å². The number of hydrogen-bond acceptors (Lipinski definition) is 22. The molecule has 3 fully saturated rings. The van der Waals surface area contributed by atoms with Gasteiger partial charge in [-0.2, -0.15) is 0 Å². The van der Waals surface area contributed by atoms with E-state index in [9.17, 15) is 53.5 Å². The number of aliphatic hydroxyl groups is 3. The first-order chi connectivity index (χ1) is 48.0. The lowest BCUT2D eigenvalue weighted by atomic mass is 9.44. The molecule has 2 saturated carbocycles. The topological polar surface area (TPSA) is 339 Å². The molecule has 3 aliphatic carbocycles. The molecule has 5 N–H and O–H groups in total. The van der Waals surface area contributed by atoms with Crippen molar-refractivity contribution < 1.29 is 115 Å². The molecule has 2 aromatic rings. The van der Waals surface area contributed by atoms with Crippen molar-refractivity contribution in [1.82, 2.24) is 5.32 Å². The van der Waals surface area contributed by atoms with Gasteiger partial charge in [0.1, 0.15) is 61.4 Å². The van der Waals surface area contributed by atoms with Crippen molar-refractivity contribution in [2.24, 2.45) is 16.7 Å². The van der Waals surface area contributed by atoms with Crippen molar-refractivity contribution in [3.05, 3.63) is 82.9 Å². The van der Waals surface area contributed by atoms with Crippen LogP contribution in [0.15, 0.2) is 71.8 Å². The number of fused-ring (bicyclic) bond motifs is 5. The van der Waals surface area contributed by atoms with Crippen LogP contribution in [-0.2, 0) is 80.3 Å². The number of amides is 1. The van der Waals surface area contributed by atoms with Gasteiger partial charge in [0.15, 0.2) is 17.5 Å². The van der Waals surface area contributed by atoms with E-state index in [0.717, 1.165) is 32.6 Å². The van der Waals surface area contributed by atoms with Crippen molar-refractivity contribution in [1.29, 1.82) is 0 Å². The summed E-state index contributed by atoms with van der Waals surface area (Å²) in [5, 5.41) is 41.4. The normalized spacial score (nSPS) is 25.2. The molecule has 1 aliphatic heterocycles. The number of alkyl carbamates (subject to hydrolysis) is 1. The van der Waals surface area contributed by atoms with Crippen molar-refractivity contribution in [3.8, 4) is 0 Å². The molecule has 0 aromatic heterocycles. The molecule has 0 spiro atoms. The number of quaternary nitrogens is 1. The highest BCUT2D eigenvalue weighted by molar-refractivity contribution is 7.47. The number of benzene rings is 2. The number of esters is 6. The minimum atomic E-state index is -4.59. The lowest BCUT2D eigenvalue weighted by molar-refractivity contribution is -0.870. The zero-order chi connectivity index (χ0) is 75.3. The van der Waals surface area contributed by atoms with Gasteiger partial charge in [0.05, 0.1) is 57.4 Å². The maximum absolute atomic E-state index is 15.4. The van der Waals surface area contributed by atoms with Gasteiger partial charge >= 0.3 is 49.7 Å². The number of hydrogen-bond donors (Lipinski definition) is 5. The molecule has 2 bridgehead atoms.